The van der Waals surface area contributed by atoms with Gasteiger partial charge in [0.15, 0.2) is 22.8 Å². The number of anilines is 2. The van der Waals surface area contributed by atoms with Crippen LogP contribution >= 0.6 is 11.3 Å². The van der Waals surface area contributed by atoms with Gasteiger partial charge in [-0.25, -0.2) is 15.0 Å². The van der Waals surface area contributed by atoms with Gasteiger partial charge in [-0.1, -0.05) is 18.2 Å². The van der Waals surface area contributed by atoms with E-state index in [2.05, 4.69) is 20.8 Å². The normalized spacial score (nSPS) is 11.2. The molecule has 0 aliphatic rings. The van der Waals surface area contributed by atoms with Crippen LogP contribution < -0.4 is 10.1 Å². The van der Waals surface area contributed by atoms with Gasteiger partial charge in [0.2, 0.25) is 0 Å². The van der Waals surface area contributed by atoms with Gasteiger partial charge in [0, 0.05) is 23.8 Å². The Morgan fingerprint density at radius 3 is 2.39 bits per heavy atom. The number of aryl methyl sites for hydroxylation is 2. The second kappa shape index (κ2) is 8.94. The van der Waals surface area contributed by atoms with Crippen LogP contribution in [0.5, 0.6) is 11.5 Å². The van der Waals surface area contributed by atoms with Gasteiger partial charge < -0.3 is 10.1 Å². The van der Waals surface area contributed by atoms with E-state index in [4.69, 9.17) is 14.7 Å². The number of hydrogen-bond donors (Lipinski definition) is 1. The molecule has 8 nitrogen and oxygen atoms in total. The lowest BCUT2D eigenvalue weighted by molar-refractivity contribution is 0.483. The van der Waals surface area contributed by atoms with Crippen LogP contribution in [-0.4, -0.2) is 29.3 Å². The second-order valence-corrected chi connectivity index (χ2v) is 9.18. The van der Waals surface area contributed by atoms with E-state index in [-0.39, 0.29) is 0 Å². The molecule has 0 fully saturated rings. The highest BCUT2D eigenvalue weighted by atomic mass is 32.1. The zero-order valence-electron chi connectivity index (χ0n) is 20.0. The predicted octanol–water partition coefficient (Wildman–Crippen LogP) is 6.43. The lowest BCUT2D eigenvalue weighted by atomic mass is 10.2. The first-order valence-corrected chi connectivity index (χ1v) is 12.4. The number of para-hydroxylation sites is 1. The molecule has 6 aromatic rings. The van der Waals surface area contributed by atoms with Crippen molar-refractivity contribution in [2.24, 2.45) is 7.05 Å². The van der Waals surface area contributed by atoms with Crippen LogP contribution in [0.4, 0.5) is 11.5 Å². The average Bonchev–Trinajstić information content (AvgIpc) is 3.61. The molecular weight excluding hydrogens is 470 g/mol. The molecule has 0 saturated heterocycles. The van der Waals surface area contributed by atoms with Crippen LogP contribution in [0.3, 0.4) is 0 Å². The summed E-state index contributed by atoms with van der Waals surface area (Å²) in [7, 11) is 1.93. The van der Waals surface area contributed by atoms with Crippen molar-refractivity contribution in [1.82, 2.24) is 29.3 Å². The molecule has 1 N–H and O–H groups in total. The smallest absolute Gasteiger partial charge is 0.170 e. The highest BCUT2D eigenvalue weighted by Crippen LogP contribution is 2.32. The molecule has 0 radical (unpaired) electrons. The predicted molar refractivity (Wildman–Crippen MR) is 142 cm³/mol. The van der Waals surface area contributed by atoms with Gasteiger partial charge >= 0.3 is 0 Å². The Balaban J connectivity index is 1.41. The van der Waals surface area contributed by atoms with Gasteiger partial charge in [-0.2, -0.15) is 16.4 Å². The van der Waals surface area contributed by atoms with Crippen LogP contribution in [0.1, 0.15) is 11.4 Å². The molecule has 0 saturated carbocycles. The minimum Gasteiger partial charge on any atom is -0.457 e. The molecule has 9 heteroatoms. The van der Waals surface area contributed by atoms with Gasteiger partial charge in [-0.05, 0) is 61.7 Å². The molecule has 0 aliphatic carbocycles. The molecule has 0 bridgehead atoms. The highest BCUT2D eigenvalue weighted by molar-refractivity contribution is 7.08. The van der Waals surface area contributed by atoms with E-state index in [1.54, 1.807) is 17.7 Å². The van der Waals surface area contributed by atoms with E-state index < -0.39 is 0 Å². The molecule has 2 aromatic carbocycles. The van der Waals surface area contributed by atoms with E-state index >= 15 is 0 Å². The lowest BCUT2D eigenvalue weighted by Gasteiger charge is -2.11. The van der Waals surface area contributed by atoms with Crippen molar-refractivity contribution in [1.29, 1.82) is 0 Å². The fourth-order valence-corrected chi connectivity index (χ4v) is 4.78. The summed E-state index contributed by atoms with van der Waals surface area (Å²) in [6.07, 6.45) is 1.79. The van der Waals surface area contributed by atoms with Gasteiger partial charge in [0.1, 0.15) is 17.8 Å². The molecule has 0 spiro atoms. The Kier molecular flexibility index (Phi) is 5.46. The van der Waals surface area contributed by atoms with Crippen molar-refractivity contribution in [3.63, 3.8) is 0 Å². The second-order valence-electron chi connectivity index (χ2n) is 8.40. The molecule has 4 heterocycles. The fraction of sp³-hybridized carbons (Fsp3) is 0.111. The Labute approximate surface area is 211 Å². The van der Waals surface area contributed by atoms with E-state index in [1.807, 2.05) is 96.2 Å². The molecule has 0 amide bonds. The number of hydrogen-bond acceptors (Lipinski definition) is 7. The van der Waals surface area contributed by atoms with Crippen molar-refractivity contribution in [3.8, 4) is 28.6 Å². The fourth-order valence-electron chi connectivity index (χ4n) is 4.15. The number of thiophene rings is 1. The molecule has 178 valence electrons. The largest absolute Gasteiger partial charge is 0.457 e. The quantitative estimate of drug-likeness (QED) is 0.288. The molecule has 0 aliphatic heterocycles. The maximum atomic E-state index is 5.93. The number of nitrogens with one attached hydrogen (secondary N) is 1. The summed E-state index contributed by atoms with van der Waals surface area (Å²) in [4.78, 5) is 14.5. The zero-order valence-corrected chi connectivity index (χ0v) is 20.8. The van der Waals surface area contributed by atoms with Crippen molar-refractivity contribution in [2.45, 2.75) is 13.8 Å². The first-order valence-electron chi connectivity index (χ1n) is 11.4. The van der Waals surface area contributed by atoms with Crippen LogP contribution in [0.25, 0.3) is 28.2 Å². The van der Waals surface area contributed by atoms with E-state index in [0.717, 1.165) is 45.5 Å². The van der Waals surface area contributed by atoms with Crippen molar-refractivity contribution < 1.29 is 4.74 Å². The summed E-state index contributed by atoms with van der Waals surface area (Å²) >= 11 is 1.63. The number of rotatable bonds is 6. The van der Waals surface area contributed by atoms with E-state index in [9.17, 15) is 0 Å². The number of nitrogens with zero attached hydrogens (tertiary/aromatic N) is 6. The number of aromatic nitrogens is 6. The summed E-state index contributed by atoms with van der Waals surface area (Å²) in [6.45, 7) is 4.00. The Bertz CT molecular complexity index is 1650. The number of fused-ring (bicyclic) bond motifs is 1. The van der Waals surface area contributed by atoms with Crippen molar-refractivity contribution in [2.75, 3.05) is 5.32 Å². The van der Waals surface area contributed by atoms with Crippen molar-refractivity contribution >= 4 is 34.0 Å². The third-order valence-corrected chi connectivity index (χ3v) is 6.68. The summed E-state index contributed by atoms with van der Waals surface area (Å²) in [5.74, 6) is 2.78. The van der Waals surface area contributed by atoms with Gasteiger partial charge in [0.05, 0.1) is 16.9 Å². The van der Waals surface area contributed by atoms with E-state index in [1.165, 1.54) is 0 Å². The van der Waals surface area contributed by atoms with Gasteiger partial charge in [-0.3, -0.25) is 9.25 Å². The summed E-state index contributed by atoms with van der Waals surface area (Å²) in [5, 5.41) is 12.1. The first-order chi connectivity index (χ1) is 17.6. The summed E-state index contributed by atoms with van der Waals surface area (Å²) in [5.41, 5.74) is 6.10. The van der Waals surface area contributed by atoms with Crippen LogP contribution in [0.2, 0.25) is 0 Å². The maximum absolute atomic E-state index is 5.93. The monoisotopic (exact) mass is 493 g/mol. The summed E-state index contributed by atoms with van der Waals surface area (Å²) in [6, 6.07) is 19.5. The first kappa shape index (κ1) is 22.0. The molecular formula is C27H23N7OS. The number of imidazole rings is 1. The Morgan fingerprint density at radius 1 is 0.917 bits per heavy atom. The maximum Gasteiger partial charge on any atom is 0.170 e. The number of benzene rings is 2. The highest BCUT2D eigenvalue weighted by Gasteiger charge is 2.20. The number of ether oxygens (including phenoxy) is 1. The Hall–Kier alpha value is -4.50. The average molecular weight is 494 g/mol. The minimum atomic E-state index is 0.606. The molecule has 4 aromatic heterocycles. The van der Waals surface area contributed by atoms with Crippen LogP contribution in [-0.2, 0) is 7.05 Å². The Morgan fingerprint density at radius 2 is 1.69 bits per heavy atom. The van der Waals surface area contributed by atoms with E-state index in [0.29, 0.717) is 17.2 Å². The van der Waals surface area contributed by atoms with Gasteiger partial charge in [0.25, 0.3) is 0 Å². The molecule has 0 unspecified atom stereocenters. The molecule has 0 atom stereocenters. The van der Waals surface area contributed by atoms with Crippen molar-refractivity contribution in [3.05, 3.63) is 89.1 Å². The lowest BCUT2D eigenvalue weighted by Crippen LogP contribution is -2.02. The van der Waals surface area contributed by atoms with Gasteiger partial charge in [-0.15, -0.1) is 0 Å². The third-order valence-electron chi connectivity index (χ3n) is 6.01. The standard InChI is InChI=1S/C27H23N7OS/c1-17-23(18(2)33(3)32-17)25-30-26(24-27(31-25)34(16-28-24)20-13-14-36-15-20)29-19-9-11-22(12-10-19)35-21-7-5-4-6-8-21/h4-16H,1-3H3,(H,29,30,31). The topological polar surface area (TPSA) is 82.7 Å². The van der Waals surface area contributed by atoms with Crippen LogP contribution in [0, 0.1) is 13.8 Å². The minimum absolute atomic E-state index is 0.606. The third kappa shape index (κ3) is 3.99. The molecule has 36 heavy (non-hydrogen) atoms. The molecule has 6 rings (SSSR count). The van der Waals surface area contributed by atoms with Crippen LogP contribution in [0.15, 0.2) is 77.8 Å². The zero-order chi connectivity index (χ0) is 24.6. The summed E-state index contributed by atoms with van der Waals surface area (Å²) < 4.78 is 9.77. The SMILES string of the molecule is Cc1nn(C)c(C)c1-c1nc(Nc2ccc(Oc3ccccc3)cc2)c2ncn(-c3ccsc3)c2n1.